The maximum atomic E-state index is 13.3. The van der Waals surface area contributed by atoms with Crippen LogP contribution in [-0.2, 0) is 22.7 Å². The Morgan fingerprint density at radius 2 is 1.77 bits per heavy atom. The summed E-state index contributed by atoms with van der Waals surface area (Å²) in [6, 6.07) is 8.07. The Balaban J connectivity index is 1.31. The lowest BCUT2D eigenvalue weighted by Gasteiger charge is -2.34. The summed E-state index contributed by atoms with van der Waals surface area (Å²) in [6.07, 6.45) is -4.77. The number of aromatic amines is 1. The Morgan fingerprint density at radius 1 is 1.03 bits per heavy atom. The number of benzene rings is 1. The number of H-pyrrole nitrogens is 1. The van der Waals surface area contributed by atoms with Crippen molar-refractivity contribution < 1.29 is 21.6 Å². The molecule has 0 radical (unpaired) electrons. The molecular weight excluding hydrogens is 521 g/mol. The molecule has 35 heavy (non-hydrogen) atoms. The lowest BCUT2D eigenvalue weighted by atomic mass is 10.2. The van der Waals surface area contributed by atoms with Crippen LogP contribution in [-0.4, -0.2) is 53.8 Å². The fourth-order valence-corrected chi connectivity index (χ4v) is 7.50. The number of nitrogens with one attached hydrogen (secondary N) is 1. The first-order valence-corrected chi connectivity index (χ1v) is 13.8. The van der Waals surface area contributed by atoms with Gasteiger partial charge in [0.05, 0.1) is 22.4 Å². The van der Waals surface area contributed by atoms with Gasteiger partial charge in [0.2, 0.25) is 10.0 Å². The Kier molecular flexibility index (Phi) is 6.30. The van der Waals surface area contributed by atoms with Gasteiger partial charge in [0.1, 0.15) is 10.7 Å². The maximum Gasteiger partial charge on any atom is 0.417 e. The number of nitrogens with zero attached hydrogens (tertiary/aromatic N) is 3. The number of fused-ring (bicyclic) bond motifs is 1. The predicted octanol–water partition coefficient (Wildman–Crippen LogP) is 4.24. The van der Waals surface area contributed by atoms with E-state index in [-0.39, 0.29) is 18.6 Å². The van der Waals surface area contributed by atoms with Crippen LogP contribution in [0.1, 0.15) is 11.4 Å². The van der Waals surface area contributed by atoms with Gasteiger partial charge in [-0.1, -0.05) is 18.2 Å². The molecule has 0 unspecified atom stereocenters. The number of alkyl halides is 3. The molecule has 184 valence electrons. The average molecular weight is 541 g/mol. The lowest BCUT2D eigenvalue weighted by Crippen LogP contribution is -2.48. The summed E-state index contributed by atoms with van der Waals surface area (Å²) in [6.45, 7) is 0.940. The van der Waals surface area contributed by atoms with Crippen LogP contribution in [0, 0.1) is 0 Å². The minimum atomic E-state index is -4.77. The van der Waals surface area contributed by atoms with Crippen LogP contribution in [0.15, 0.2) is 56.8 Å². The molecule has 3 aromatic heterocycles. The number of sulfonamides is 1. The number of halogens is 3. The summed E-state index contributed by atoms with van der Waals surface area (Å²) in [5.41, 5.74) is -0.562. The van der Waals surface area contributed by atoms with Gasteiger partial charge in [0, 0.05) is 42.0 Å². The normalized spacial score (nSPS) is 16.2. The molecule has 1 fully saturated rings. The zero-order chi connectivity index (χ0) is 24.8. The first kappa shape index (κ1) is 24.1. The van der Waals surface area contributed by atoms with Gasteiger partial charge in [-0.25, -0.2) is 13.4 Å². The molecule has 1 N–H and O–H groups in total. The molecule has 0 saturated carbocycles. The summed E-state index contributed by atoms with van der Waals surface area (Å²) in [4.78, 5) is 23.0. The van der Waals surface area contributed by atoms with Crippen molar-refractivity contribution in [1.29, 1.82) is 0 Å². The largest absolute Gasteiger partial charge is 0.417 e. The summed E-state index contributed by atoms with van der Waals surface area (Å²) < 4.78 is 67.0. The molecule has 0 amide bonds. The van der Waals surface area contributed by atoms with E-state index in [1.165, 1.54) is 23.5 Å². The number of thiophene rings is 2. The van der Waals surface area contributed by atoms with Crippen LogP contribution < -0.4 is 5.56 Å². The Hall–Kier alpha value is -2.58. The molecule has 1 saturated heterocycles. The Labute approximate surface area is 206 Å². The molecule has 1 aromatic carbocycles. The van der Waals surface area contributed by atoms with Gasteiger partial charge in [-0.2, -0.15) is 17.5 Å². The van der Waals surface area contributed by atoms with E-state index in [1.54, 1.807) is 11.3 Å². The highest BCUT2D eigenvalue weighted by Gasteiger charge is 2.39. The van der Waals surface area contributed by atoms with E-state index in [9.17, 15) is 26.4 Å². The molecular formula is C22H19F3N4O3S3. The average Bonchev–Trinajstić information content (AvgIpc) is 3.49. The van der Waals surface area contributed by atoms with Gasteiger partial charge >= 0.3 is 6.18 Å². The molecule has 4 aromatic rings. The lowest BCUT2D eigenvalue weighted by molar-refractivity contribution is -0.139. The molecule has 0 atom stereocenters. The van der Waals surface area contributed by atoms with E-state index in [1.807, 2.05) is 27.8 Å². The highest BCUT2D eigenvalue weighted by atomic mass is 32.2. The second kappa shape index (κ2) is 9.13. The third-order valence-electron chi connectivity index (χ3n) is 5.79. The summed E-state index contributed by atoms with van der Waals surface area (Å²) >= 11 is 2.93. The number of piperazine rings is 1. The molecule has 1 aliphatic rings. The molecule has 1 aliphatic heterocycles. The van der Waals surface area contributed by atoms with Gasteiger partial charge in [-0.05, 0) is 23.6 Å². The van der Waals surface area contributed by atoms with Gasteiger partial charge in [0.25, 0.3) is 5.56 Å². The van der Waals surface area contributed by atoms with Crippen molar-refractivity contribution in [3.63, 3.8) is 0 Å². The SMILES string of the molecule is O=c1[nH]c(CN2CCN(S(=O)(=O)c3ccccc3C(F)(F)F)CC2)nc2scc(-c3cccs3)c12. The zero-order valence-corrected chi connectivity index (χ0v) is 20.5. The smallest absolute Gasteiger partial charge is 0.309 e. The quantitative estimate of drug-likeness (QED) is 0.409. The molecule has 7 nitrogen and oxygen atoms in total. The van der Waals surface area contributed by atoms with E-state index >= 15 is 0 Å². The van der Waals surface area contributed by atoms with Crippen molar-refractivity contribution >= 4 is 42.9 Å². The summed E-state index contributed by atoms with van der Waals surface area (Å²) in [7, 11) is -4.31. The monoisotopic (exact) mass is 540 g/mol. The Morgan fingerprint density at radius 3 is 2.46 bits per heavy atom. The minimum absolute atomic E-state index is 0.0303. The van der Waals surface area contributed by atoms with Crippen molar-refractivity contribution in [3.05, 3.63) is 68.9 Å². The van der Waals surface area contributed by atoms with E-state index in [2.05, 4.69) is 9.97 Å². The second-order valence-electron chi connectivity index (χ2n) is 7.99. The van der Waals surface area contributed by atoms with Crippen molar-refractivity contribution in [3.8, 4) is 10.4 Å². The molecule has 0 bridgehead atoms. The zero-order valence-electron chi connectivity index (χ0n) is 18.1. The van der Waals surface area contributed by atoms with Crippen molar-refractivity contribution in [2.24, 2.45) is 0 Å². The van der Waals surface area contributed by atoms with Crippen LogP contribution >= 0.6 is 22.7 Å². The standard InChI is InChI=1S/C22H19F3N4O3S3/c23-22(24,25)15-4-1-2-6-17(15)35(31,32)29-9-7-28(8-10-29)12-18-26-20(30)19-14(13-34-21(19)27-18)16-5-3-11-33-16/h1-6,11,13H,7-10,12H2,(H,26,27,30). The molecule has 4 heterocycles. The maximum absolute atomic E-state index is 13.3. The first-order valence-electron chi connectivity index (χ1n) is 10.6. The van der Waals surface area contributed by atoms with Gasteiger partial charge in [0.15, 0.2) is 0 Å². The topological polar surface area (TPSA) is 86.4 Å². The van der Waals surface area contributed by atoms with Gasteiger partial charge in [-0.3, -0.25) is 9.69 Å². The van der Waals surface area contributed by atoms with Crippen molar-refractivity contribution in [2.75, 3.05) is 26.2 Å². The van der Waals surface area contributed by atoms with Gasteiger partial charge in [-0.15, -0.1) is 22.7 Å². The molecule has 0 aliphatic carbocycles. The van der Waals surface area contributed by atoms with Crippen LogP contribution in [0.3, 0.4) is 0 Å². The van der Waals surface area contributed by atoms with Crippen molar-refractivity contribution in [2.45, 2.75) is 17.6 Å². The predicted molar refractivity (Wildman–Crippen MR) is 129 cm³/mol. The van der Waals surface area contributed by atoms with Gasteiger partial charge < -0.3 is 4.98 Å². The van der Waals surface area contributed by atoms with E-state index in [0.717, 1.165) is 26.9 Å². The van der Waals surface area contributed by atoms with E-state index in [0.29, 0.717) is 35.7 Å². The number of rotatable bonds is 5. The Bertz CT molecular complexity index is 1520. The van der Waals surface area contributed by atoms with E-state index in [4.69, 9.17) is 0 Å². The molecule has 0 spiro atoms. The fourth-order valence-electron chi connectivity index (χ4n) is 4.09. The van der Waals surface area contributed by atoms with Crippen LogP contribution in [0.2, 0.25) is 0 Å². The number of hydrogen-bond donors (Lipinski definition) is 1. The highest BCUT2D eigenvalue weighted by Crippen LogP contribution is 2.36. The molecule has 13 heteroatoms. The van der Waals surface area contributed by atoms with Crippen molar-refractivity contribution in [1.82, 2.24) is 19.2 Å². The first-order chi connectivity index (χ1) is 16.6. The fraction of sp³-hybridized carbons (Fsp3) is 0.273. The van der Waals surface area contributed by atoms with Crippen LogP contribution in [0.25, 0.3) is 20.7 Å². The third-order valence-corrected chi connectivity index (χ3v) is 9.53. The third kappa shape index (κ3) is 4.66. The summed E-state index contributed by atoms with van der Waals surface area (Å²) in [5.74, 6) is 0.459. The van der Waals surface area contributed by atoms with E-state index < -0.39 is 26.7 Å². The number of hydrogen-bond acceptors (Lipinski definition) is 7. The highest BCUT2D eigenvalue weighted by molar-refractivity contribution is 7.89. The van der Waals surface area contributed by atoms with Crippen LogP contribution in [0.4, 0.5) is 13.2 Å². The number of aromatic nitrogens is 2. The molecule has 5 rings (SSSR count). The second-order valence-corrected chi connectivity index (χ2v) is 11.7. The summed E-state index contributed by atoms with van der Waals surface area (Å²) in [5, 5.41) is 4.39. The minimum Gasteiger partial charge on any atom is -0.309 e. The van der Waals surface area contributed by atoms with Crippen LogP contribution in [0.5, 0.6) is 0 Å².